The van der Waals surface area contributed by atoms with Crippen LogP contribution in [0.1, 0.15) is 115 Å². The topological polar surface area (TPSA) is 434 Å². The fourth-order valence-electron chi connectivity index (χ4n) is 11.9. The number of hydrogen-bond donors (Lipinski definition) is 14. The van der Waals surface area contributed by atoms with Crippen LogP contribution in [0.25, 0.3) is 11.1 Å². The lowest BCUT2D eigenvalue weighted by Crippen LogP contribution is -2.59. The van der Waals surface area contributed by atoms with Crippen LogP contribution >= 0.6 is 0 Å². The Morgan fingerprint density at radius 2 is 1.28 bits per heavy atom. The van der Waals surface area contributed by atoms with Crippen molar-refractivity contribution >= 4 is 53.4 Å². The van der Waals surface area contributed by atoms with E-state index in [1.807, 2.05) is 13.8 Å². The van der Waals surface area contributed by atoms with E-state index >= 15 is 14.4 Å². The van der Waals surface area contributed by atoms with Crippen molar-refractivity contribution < 1.29 is 97.8 Å². The number of aliphatic hydroxyl groups is 4. The van der Waals surface area contributed by atoms with Gasteiger partial charge in [0.1, 0.15) is 96.0 Å². The Balaban J connectivity index is 1.31. The van der Waals surface area contributed by atoms with Crippen LogP contribution in [0.4, 0.5) is 0 Å². The fraction of sp³-hybridized carbons (Fsp3) is 0.409. The van der Waals surface area contributed by atoms with Gasteiger partial charge in [0.25, 0.3) is 0 Å². The second-order valence-electron chi connectivity index (χ2n) is 24.8. The minimum absolute atomic E-state index is 0.00920. The summed E-state index contributed by atoms with van der Waals surface area (Å²) >= 11 is 0. The lowest BCUT2D eigenvalue weighted by molar-refractivity contribution is -0.197. The summed E-state index contributed by atoms with van der Waals surface area (Å²) in [6, 6.07) is 2.50. The van der Waals surface area contributed by atoms with Crippen molar-refractivity contribution in [2.75, 3.05) is 20.7 Å². The highest BCUT2D eigenvalue weighted by Crippen LogP contribution is 2.49. The van der Waals surface area contributed by atoms with Crippen LogP contribution in [0.2, 0.25) is 0 Å². The highest BCUT2D eigenvalue weighted by Gasteiger charge is 2.45. The minimum Gasteiger partial charge on any atom is -0.508 e. The third-order valence-electron chi connectivity index (χ3n) is 17.3. The van der Waals surface area contributed by atoms with Crippen LogP contribution in [0.5, 0.6) is 46.0 Å². The fourth-order valence-corrected chi connectivity index (χ4v) is 11.9. The van der Waals surface area contributed by atoms with E-state index < -0.39 is 162 Å². The molecule has 14 unspecified atom stereocenters. The molecule has 14 atom stereocenters. The number of nitrogens with two attached hydrogens (primary N) is 1. The van der Waals surface area contributed by atoms with E-state index in [9.17, 15) is 64.5 Å². The van der Waals surface area contributed by atoms with E-state index in [0.717, 1.165) is 25.1 Å². The SMILES string of the molecule is CC(=O)C1NC(=O)C2NC(=O)C(NC(=O)C3NC(=O)C(CC(N)=O)NC(=O)C(NC(=O)C(CC(C)C)N(C)C)C(O)c4ccc(c(C)c4)Oc4cc3cc(c4OCC3OC(C=O)C(O)C(O)C3C)Oc3ccc(cc3C)C2O)c2ccc(O)c(c2)-c2c1cc(O)c(C)c2O. The van der Waals surface area contributed by atoms with E-state index in [1.165, 1.54) is 75.4 Å². The number of carbonyl (C=O) groups excluding carboxylic acids is 9. The number of aryl methyl sites for hydroxylation is 2. The first-order valence-electron chi connectivity index (χ1n) is 30.2. The molecule has 11 rings (SSSR count). The van der Waals surface area contributed by atoms with Crippen LogP contribution in [0, 0.1) is 32.6 Å². The van der Waals surface area contributed by atoms with Gasteiger partial charge < -0.3 is 97.1 Å². The van der Waals surface area contributed by atoms with E-state index in [-0.39, 0.29) is 90.3 Å². The van der Waals surface area contributed by atoms with Crippen molar-refractivity contribution in [2.24, 2.45) is 17.6 Å². The van der Waals surface area contributed by atoms with Gasteiger partial charge in [0, 0.05) is 22.6 Å². The summed E-state index contributed by atoms with van der Waals surface area (Å²) in [4.78, 5) is 131. The monoisotopic (exact) mass is 1300 g/mol. The first-order chi connectivity index (χ1) is 44.4. The lowest BCUT2D eigenvalue weighted by Gasteiger charge is -2.39. The number of carbonyl (C=O) groups is 9. The molecule has 0 saturated carbocycles. The van der Waals surface area contributed by atoms with Crippen molar-refractivity contribution in [1.82, 2.24) is 36.8 Å². The molecule has 0 radical (unpaired) electrons. The first kappa shape index (κ1) is 68.7. The number of phenolic OH excluding ortho intramolecular Hbond substituents is 3. The summed E-state index contributed by atoms with van der Waals surface area (Å²) in [6.07, 6.45) is -10.00. The molecule has 6 aliphatic rings. The number of likely N-dealkylation sites (N-methyl/N-ethyl adjacent to an activating group) is 1. The van der Waals surface area contributed by atoms with Gasteiger partial charge in [0.15, 0.2) is 23.6 Å². The van der Waals surface area contributed by atoms with Crippen molar-refractivity contribution in [3.63, 3.8) is 0 Å². The Bertz CT molecular complexity index is 3860. The predicted molar refractivity (Wildman–Crippen MR) is 332 cm³/mol. The molecule has 7 amide bonds. The van der Waals surface area contributed by atoms with Crippen LogP contribution in [-0.2, 0) is 47.9 Å². The number of nitrogens with zero attached hydrogens (tertiary/aromatic N) is 1. The van der Waals surface area contributed by atoms with Gasteiger partial charge >= 0.3 is 0 Å². The summed E-state index contributed by atoms with van der Waals surface area (Å²) in [5.41, 5.74) is 4.80. The third kappa shape index (κ3) is 14.1. The van der Waals surface area contributed by atoms with Crippen molar-refractivity contribution in [3.8, 4) is 57.1 Å². The maximum atomic E-state index is 15.9. The maximum absolute atomic E-state index is 15.9. The number of hydrogen-bond acceptors (Lipinski definition) is 21. The average Bonchev–Trinajstić information content (AvgIpc) is 0.765. The molecular formula is C66H76N8O20. The second-order valence-corrected chi connectivity index (χ2v) is 24.8. The van der Waals surface area contributed by atoms with Gasteiger partial charge in [-0.15, -0.1) is 0 Å². The van der Waals surface area contributed by atoms with Crippen molar-refractivity contribution in [3.05, 3.63) is 117 Å². The molecule has 0 aromatic heterocycles. The minimum atomic E-state index is -2.15. The summed E-state index contributed by atoms with van der Waals surface area (Å²) in [7, 11) is 3.28. The van der Waals surface area contributed by atoms with Gasteiger partial charge in [-0.05, 0) is 148 Å². The smallest absolute Gasteiger partial charge is 0.248 e. The zero-order chi connectivity index (χ0) is 68.6. The number of phenols is 3. The molecule has 6 heterocycles. The van der Waals surface area contributed by atoms with Gasteiger partial charge in [-0.3, -0.25) is 43.3 Å². The number of rotatable bonds is 12. The van der Waals surface area contributed by atoms with Gasteiger partial charge in [-0.25, -0.2) is 0 Å². The number of benzene rings is 5. The number of ether oxygens (including phenoxy) is 4. The lowest BCUT2D eigenvalue weighted by atomic mass is 9.87. The van der Waals surface area contributed by atoms with Gasteiger partial charge in [0.05, 0.1) is 24.7 Å². The molecule has 11 bridgehead atoms. The Morgan fingerprint density at radius 1 is 0.691 bits per heavy atom. The van der Waals surface area contributed by atoms with Crippen LogP contribution < -0.4 is 51.8 Å². The third-order valence-corrected chi connectivity index (χ3v) is 17.3. The summed E-state index contributed by atoms with van der Waals surface area (Å²) < 4.78 is 25.9. The number of aldehydes is 1. The molecule has 6 aliphatic heterocycles. The van der Waals surface area contributed by atoms with E-state index in [1.54, 1.807) is 25.9 Å². The van der Waals surface area contributed by atoms with Crippen LogP contribution in [-0.4, -0.2) is 163 Å². The molecule has 0 spiro atoms. The number of Topliss-reactive ketones (excluding diaryl/α,β-unsaturated/α-hetero) is 1. The normalized spacial score (nSPS) is 25.8. The first-order valence-corrected chi connectivity index (χ1v) is 30.2. The summed E-state index contributed by atoms with van der Waals surface area (Å²) in [5.74, 6) is -12.5. The standard InChI is InChI=1S/C66H76N8O20/c1-26(2)16-39(74(8)9)62(86)72-53-57(82)33-11-14-42(27(3)17-33)92-44-20-35-21-45(60(44)91-25-47-30(6)56(81)59(84)46(24-75)94-47)93-43-15-12-34(18-28(43)4)58(83)54-66(90)69-50(31(7)76)37-22-41(78)29(5)55(80)49(37)36-19-32(10-13-40(36)77)51(63(87)73-54)71-64(88)52(35)70-61(85)38(23-48(67)79)68-65(53)89/h10-15,17-22,24,26,30,38-39,46-47,50-54,56-59,77-78,80-84H,16,23,25H2,1-9H3,(H2,67,79)(H,68,89)(H,69,90)(H,70,85)(H,71,88)(H,72,86)(H,73,87). The number of primary amides is 1. The van der Waals surface area contributed by atoms with Gasteiger partial charge in [-0.2, -0.15) is 0 Å². The molecule has 15 N–H and O–H groups in total. The molecular weight excluding hydrogens is 1220 g/mol. The number of amides is 7. The van der Waals surface area contributed by atoms with E-state index in [4.69, 9.17) is 24.7 Å². The number of nitrogens with one attached hydrogen (secondary N) is 6. The summed E-state index contributed by atoms with van der Waals surface area (Å²) in [6.45, 7) is 10.3. The number of fused-ring (bicyclic) bond motifs is 15. The number of aromatic hydroxyl groups is 3. The largest absolute Gasteiger partial charge is 0.508 e. The van der Waals surface area contributed by atoms with E-state index in [0.29, 0.717) is 12.7 Å². The van der Waals surface area contributed by atoms with Crippen LogP contribution in [0.3, 0.4) is 0 Å². The molecule has 5 aromatic carbocycles. The zero-order valence-electron chi connectivity index (χ0n) is 52.7. The Hall–Kier alpha value is -9.71. The molecule has 28 nitrogen and oxygen atoms in total. The van der Waals surface area contributed by atoms with Gasteiger partial charge in [-0.1, -0.05) is 39.0 Å². The molecule has 1 fully saturated rings. The van der Waals surface area contributed by atoms with E-state index in [2.05, 4.69) is 31.9 Å². The molecule has 0 aliphatic carbocycles. The molecule has 5 aromatic rings. The van der Waals surface area contributed by atoms with Gasteiger partial charge in [0.2, 0.25) is 47.1 Å². The zero-order valence-corrected chi connectivity index (χ0v) is 52.7. The maximum Gasteiger partial charge on any atom is 0.248 e. The highest BCUT2D eigenvalue weighted by molar-refractivity contribution is 6.01. The Morgan fingerprint density at radius 3 is 1.85 bits per heavy atom. The quantitative estimate of drug-likeness (QED) is 0.0793. The van der Waals surface area contributed by atoms with Crippen LogP contribution in [0.15, 0.2) is 72.8 Å². The Kier molecular flexibility index (Phi) is 20.3. The number of aliphatic hydroxyl groups excluding tert-OH is 4. The van der Waals surface area contributed by atoms with Crippen molar-refractivity contribution in [1.29, 1.82) is 0 Å². The second kappa shape index (κ2) is 27.9. The molecule has 500 valence electrons. The Labute approximate surface area is 539 Å². The molecule has 1 saturated heterocycles. The molecule has 28 heteroatoms. The summed E-state index contributed by atoms with van der Waals surface area (Å²) in [5, 5.41) is 96.4. The van der Waals surface area contributed by atoms with Crippen molar-refractivity contribution in [2.45, 2.75) is 140 Å². The average molecular weight is 1300 g/mol. The highest BCUT2D eigenvalue weighted by atomic mass is 16.6. The predicted octanol–water partition coefficient (Wildman–Crippen LogP) is 1.86. The molecule has 94 heavy (non-hydrogen) atoms. The number of ketones is 1.